The van der Waals surface area contributed by atoms with Crippen LogP contribution in [0.5, 0.6) is 0 Å². The van der Waals surface area contributed by atoms with Crippen molar-refractivity contribution in [3.63, 3.8) is 0 Å². The molecular weight excluding hydrogens is 254 g/mol. The summed E-state index contributed by atoms with van der Waals surface area (Å²) in [6, 6.07) is 0. The second kappa shape index (κ2) is 4.87. The molecule has 0 aromatic carbocycles. The average molecular weight is 267 g/mol. The second-order valence-electron chi connectivity index (χ2n) is 3.78. The smallest absolute Gasteiger partial charge is 0.409 e. The number of anilines is 1. The Morgan fingerprint density at radius 2 is 2.33 bits per heavy atom. The van der Waals surface area contributed by atoms with Gasteiger partial charge in [0.2, 0.25) is 0 Å². The minimum atomic E-state index is -1.13. The maximum Gasteiger partial charge on any atom is 0.409 e. The lowest BCUT2D eigenvalue weighted by Crippen LogP contribution is -2.12. The van der Waals surface area contributed by atoms with Gasteiger partial charge in [0.25, 0.3) is 0 Å². The third kappa shape index (κ3) is 2.27. The predicted molar refractivity (Wildman–Crippen MR) is 69.2 cm³/mol. The van der Waals surface area contributed by atoms with Gasteiger partial charge in [-0.3, -0.25) is 5.32 Å². The van der Waals surface area contributed by atoms with E-state index in [1.165, 1.54) is 17.5 Å². The van der Waals surface area contributed by atoms with Crippen LogP contribution in [0.3, 0.4) is 0 Å². The maximum atomic E-state index is 10.8. The van der Waals surface area contributed by atoms with Gasteiger partial charge in [-0.2, -0.15) is 0 Å². The molecule has 2 rings (SSSR count). The number of hydrogen-bond acceptors (Lipinski definition) is 5. The summed E-state index contributed by atoms with van der Waals surface area (Å²) < 4.78 is 5.28. The highest BCUT2D eigenvalue weighted by Gasteiger charge is 2.19. The quantitative estimate of drug-likeness (QED) is 0.893. The van der Waals surface area contributed by atoms with E-state index < -0.39 is 6.09 Å². The molecule has 6 nitrogen and oxygen atoms in total. The Balaban J connectivity index is 2.65. The number of nitrogens with zero attached hydrogens (tertiary/aromatic N) is 2. The molecule has 2 aromatic rings. The van der Waals surface area contributed by atoms with Gasteiger partial charge < -0.3 is 9.84 Å². The lowest BCUT2D eigenvalue weighted by Gasteiger charge is -2.14. The maximum absolute atomic E-state index is 10.8. The molecule has 0 aliphatic heterocycles. The number of hydrogen-bond donors (Lipinski definition) is 2. The van der Waals surface area contributed by atoms with Crippen LogP contribution in [0.1, 0.15) is 23.6 Å². The third-order valence-corrected chi connectivity index (χ3v) is 3.45. The van der Waals surface area contributed by atoms with E-state index in [1.54, 1.807) is 7.11 Å². The highest BCUT2D eigenvalue weighted by atomic mass is 32.1. The van der Waals surface area contributed by atoms with E-state index in [4.69, 9.17) is 9.84 Å². The summed E-state index contributed by atoms with van der Waals surface area (Å²) in [5.74, 6) is 0. The summed E-state index contributed by atoms with van der Waals surface area (Å²) >= 11 is 1.47. The zero-order chi connectivity index (χ0) is 13.3. The Morgan fingerprint density at radius 1 is 1.61 bits per heavy atom. The number of thiazole rings is 1. The summed E-state index contributed by atoms with van der Waals surface area (Å²) in [7, 11) is 1.57. The number of amides is 1. The molecule has 18 heavy (non-hydrogen) atoms. The van der Waals surface area contributed by atoms with E-state index in [0.29, 0.717) is 16.8 Å². The molecule has 2 heterocycles. The Labute approximate surface area is 108 Å². The number of rotatable bonds is 3. The van der Waals surface area contributed by atoms with E-state index in [9.17, 15) is 4.79 Å². The minimum Gasteiger partial charge on any atom is -0.465 e. The number of methoxy groups -OCH3 is 1. The van der Waals surface area contributed by atoms with Crippen molar-refractivity contribution in [2.24, 2.45) is 0 Å². The molecule has 1 unspecified atom stereocenters. The van der Waals surface area contributed by atoms with E-state index >= 15 is 0 Å². The van der Waals surface area contributed by atoms with E-state index in [0.717, 1.165) is 9.84 Å². The van der Waals surface area contributed by atoms with Gasteiger partial charge in [0, 0.05) is 12.7 Å². The first-order valence-electron chi connectivity index (χ1n) is 5.31. The van der Waals surface area contributed by atoms with E-state index in [1.807, 2.05) is 13.8 Å². The highest BCUT2D eigenvalue weighted by molar-refractivity contribution is 7.18. The monoisotopic (exact) mass is 267 g/mol. The van der Waals surface area contributed by atoms with Crippen molar-refractivity contribution in [3.05, 3.63) is 16.8 Å². The van der Waals surface area contributed by atoms with Crippen LogP contribution in [0.2, 0.25) is 0 Å². The molecule has 0 saturated heterocycles. The Kier molecular flexibility index (Phi) is 3.44. The van der Waals surface area contributed by atoms with Crippen LogP contribution in [0.4, 0.5) is 10.5 Å². The van der Waals surface area contributed by atoms with E-state index in [2.05, 4.69) is 15.3 Å². The van der Waals surface area contributed by atoms with Crippen LogP contribution in [0.25, 0.3) is 10.3 Å². The molecule has 2 aromatic heterocycles. The molecule has 0 radical (unpaired) electrons. The summed E-state index contributed by atoms with van der Waals surface area (Å²) in [5, 5.41) is 12.0. The molecule has 1 atom stereocenters. The van der Waals surface area contributed by atoms with Crippen LogP contribution in [0.15, 0.2) is 6.20 Å². The normalized spacial score (nSPS) is 12.6. The van der Waals surface area contributed by atoms with Gasteiger partial charge in [-0.05, 0) is 13.8 Å². The molecule has 7 heteroatoms. The van der Waals surface area contributed by atoms with Crippen molar-refractivity contribution in [2.75, 3.05) is 12.4 Å². The van der Waals surface area contributed by atoms with Crippen molar-refractivity contribution in [2.45, 2.75) is 20.0 Å². The fourth-order valence-electron chi connectivity index (χ4n) is 1.74. The first kappa shape index (κ1) is 12.7. The number of aryl methyl sites for hydroxylation is 1. The zero-order valence-corrected chi connectivity index (χ0v) is 11.0. The Morgan fingerprint density at radius 3 is 2.94 bits per heavy atom. The van der Waals surface area contributed by atoms with Gasteiger partial charge in [-0.15, -0.1) is 0 Å². The van der Waals surface area contributed by atoms with Crippen molar-refractivity contribution >= 4 is 33.5 Å². The first-order chi connectivity index (χ1) is 8.52. The van der Waals surface area contributed by atoms with Gasteiger partial charge in [0.1, 0.15) is 10.3 Å². The third-order valence-electron chi connectivity index (χ3n) is 2.57. The van der Waals surface area contributed by atoms with Crippen LogP contribution < -0.4 is 5.32 Å². The number of carbonyl (C=O) groups is 1. The van der Waals surface area contributed by atoms with Gasteiger partial charge in [0.05, 0.1) is 23.0 Å². The average Bonchev–Trinajstić information content (AvgIpc) is 2.67. The van der Waals surface area contributed by atoms with Crippen molar-refractivity contribution in [1.82, 2.24) is 9.97 Å². The topological polar surface area (TPSA) is 84.3 Å². The lowest BCUT2D eigenvalue weighted by molar-refractivity contribution is 0.121. The standard InChI is InChI=1S/C11H13N3O3S/c1-5(17-3)8-7(14-11(15)16)4-12-10-9(8)13-6(2)18-10/h4-5,14H,1-3H3,(H,15,16). The minimum absolute atomic E-state index is 0.265. The molecule has 0 fully saturated rings. The molecular formula is C11H13N3O3S. The van der Waals surface area contributed by atoms with Crippen molar-refractivity contribution < 1.29 is 14.6 Å². The molecule has 0 aliphatic rings. The SMILES string of the molecule is COC(C)c1c(NC(=O)O)cnc2sc(C)nc12. The number of fused-ring (bicyclic) bond motifs is 1. The molecule has 0 aliphatic carbocycles. The largest absolute Gasteiger partial charge is 0.465 e. The zero-order valence-electron chi connectivity index (χ0n) is 10.2. The Bertz CT molecular complexity index is 596. The van der Waals surface area contributed by atoms with Gasteiger partial charge in [-0.1, -0.05) is 11.3 Å². The number of carboxylic acid groups (broad SMARTS) is 1. The molecule has 0 spiro atoms. The summed E-state index contributed by atoms with van der Waals surface area (Å²) in [4.78, 5) is 20.2. The predicted octanol–water partition coefficient (Wildman–Crippen LogP) is 2.80. The first-order valence-corrected chi connectivity index (χ1v) is 6.13. The number of pyridine rings is 1. The second-order valence-corrected chi connectivity index (χ2v) is 4.96. The molecule has 2 N–H and O–H groups in total. The number of ether oxygens (including phenoxy) is 1. The Hall–Kier alpha value is -1.73. The fourth-order valence-corrected chi connectivity index (χ4v) is 2.52. The van der Waals surface area contributed by atoms with Crippen LogP contribution >= 0.6 is 11.3 Å². The fraction of sp³-hybridized carbons (Fsp3) is 0.364. The molecule has 0 bridgehead atoms. The van der Waals surface area contributed by atoms with Crippen molar-refractivity contribution in [3.8, 4) is 0 Å². The summed E-state index contributed by atoms with van der Waals surface area (Å²) in [6.07, 6.45) is 0.102. The number of nitrogens with one attached hydrogen (secondary N) is 1. The molecule has 0 saturated carbocycles. The highest BCUT2D eigenvalue weighted by Crippen LogP contribution is 2.33. The molecule has 96 valence electrons. The molecule has 1 amide bonds. The van der Waals surface area contributed by atoms with E-state index in [-0.39, 0.29) is 6.10 Å². The van der Waals surface area contributed by atoms with Crippen LogP contribution in [0, 0.1) is 6.92 Å². The summed E-state index contributed by atoms with van der Waals surface area (Å²) in [6.45, 7) is 3.73. The van der Waals surface area contributed by atoms with Crippen molar-refractivity contribution in [1.29, 1.82) is 0 Å². The van der Waals surface area contributed by atoms with Gasteiger partial charge >= 0.3 is 6.09 Å². The van der Waals surface area contributed by atoms with Gasteiger partial charge in [-0.25, -0.2) is 14.8 Å². The number of aromatic nitrogens is 2. The van der Waals surface area contributed by atoms with Crippen LogP contribution in [-0.4, -0.2) is 28.3 Å². The summed E-state index contributed by atoms with van der Waals surface area (Å²) in [5.41, 5.74) is 1.82. The van der Waals surface area contributed by atoms with Gasteiger partial charge in [0.15, 0.2) is 0 Å². The van der Waals surface area contributed by atoms with Crippen LogP contribution in [-0.2, 0) is 4.74 Å². The lowest BCUT2D eigenvalue weighted by atomic mass is 10.1.